The zero-order chi connectivity index (χ0) is 11.8. The smallest absolute Gasteiger partial charge is 0.0978 e. The summed E-state index contributed by atoms with van der Waals surface area (Å²) in [6, 6.07) is 12.8. The van der Waals surface area contributed by atoms with Gasteiger partial charge in [0, 0.05) is 6.54 Å². The van der Waals surface area contributed by atoms with Crippen LogP contribution in [0.1, 0.15) is 32.3 Å². The second kappa shape index (κ2) is 7.03. The van der Waals surface area contributed by atoms with Crippen molar-refractivity contribution in [3.05, 3.63) is 35.9 Å². The van der Waals surface area contributed by atoms with Gasteiger partial charge < -0.3 is 0 Å². The molecule has 0 spiro atoms. The molecular formula is C14H20N2. The maximum Gasteiger partial charge on any atom is 0.0978 e. The molecule has 0 aliphatic rings. The third kappa shape index (κ3) is 3.67. The molecule has 0 saturated heterocycles. The lowest BCUT2D eigenvalue weighted by Crippen LogP contribution is -2.33. The highest BCUT2D eigenvalue weighted by atomic mass is 15.1. The van der Waals surface area contributed by atoms with E-state index in [1.165, 1.54) is 5.56 Å². The zero-order valence-corrected chi connectivity index (χ0v) is 10.2. The molecule has 0 fully saturated rings. The van der Waals surface area contributed by atoms with Crippen molar-refractivity contribution in [2.75, 3.05) is 6.54 Å². The second-order valence-corrected chi connectivity index (χ2v) is 4.01. The Balaban J connectivity index is 2.68. The maximum atomic E-state index is 9.11. The fourth-order valence-electron chi connectivity index (χ4n) is 1.88. The fourth-order valence-corrected chi connectivity index (χ4v) is 1.88. The van der Waals surface area contributed by atoms with E-state index in [9.17, 15) is 0 Å². The summed E-state index contributed by atoms with van der Waals surface area (Å²) in [7, 11) is 0. The first-order valence-corrected chi connectivity index (χ1v) is 5.99. The van der Waals surface area contributed by atoms with Crippen LogP contribution in [0.15, 0.2) is 30.3 Å². The van der Waals surface area contributed by atoms with Crippen LogP contribution in [0, 0.1) is 11.3 Å². The largest absolute Gasteiger partial charge is 0.284 e. The van der Waals surface area contributed by atoms with E-state index in [1.807, 2.05) is 18.2 Å². The van der Waals surface area contributed by atoms with Gasteiger partial charge in [0.2, 0.25) is 0 Å². The van der Waals surface area contributed by atoms with Gasteiger partial charge in [-0.15, -0.1) is 0 Å². The van der Waals surface area contributed by atoms with Crippen molar-refractivity contribution in [1.82, 2.24) is 4.90 Å². The Hall–Kier alpha value is -1.33. The van der Waals surface area contributed by atoms with Crippen molar-refractivity contribution in [2.24, 2.45) is 0 Å². The van der Waals surface area contributed by atoms with E-state index < -0.39 is 0 Å². The molecule has 1 aromatic rings. The minimum atomic E-state index is 0.0418. The quantitative estimate of drug-likeness (QED) is 0.730. The van der Waals surface area contributed by atoms with Crippen LogP contribution in [0.4, 0.5) is 0 Å². The predicted octanol–water partition coefficient (Wildman–Crippen LogP) is 3.20. The van der Waals surface area contributed by atoms with E-state index in [0.29, 0.717) is 0 Å². The van der Waals surface area contributed by atoms with Gasteiger partial charge in [-0.2, -0.15) is 5.26 Å². The Kier molecular flexibility index (Phi) is 5.60. The van der Waals surface area contributed by atoms with E-state index in [0.717, 1.165) is 25.9 Å². The van der Waals surface area contributed by atoms with Crippen LogP contribution in [0.25, 0.3) is 0 Å². The summed E-state index contributed by atoms with van der Waals surface area (Å²) in [6.07, 6.45) is 1.98. The summed E-state index contributed by atoms with van der Waals surface area (Å²) in [5, 5.41) is 9.11. The van der Waals surface area contributed by atoms with E-state index in [4.69, 9.17) is 5.26 Å². The van der Waals surface area contributed by atoms with E-state index >= 15 is 0 Å². The lowest BCUT2D eigenvalue weighted by molar-refractivity contribution is 0.220. The van der Waals surface area contributed by atoms with Gasteiger partial charge in [-0.3, -0.25) is 4.90 Å². The van der Waals surface area contributed by atoms with Gasteiger partial charge in [0.15, 0.2) is 0 Å². The first-order chi connectivity index (χ1) is 7.81. The fraction of sp³-hybridized carbons (Fsp3) is 0.500. The van der Waals surface area contributed by atoms with Crippen molar-refractivity contribution in [2.45, 2.75) is 39.3 Å². The van der Waals surface area contributed by atoms with Crippen LogP contribution in [0.3, 0.4) is 0 Å². The third-order valence-electron chi connectivity index (χ3n) is 2.72. The molecule has 0 aromatic heterocycles. The van der Waals surface area contributed by atoms with Crippen molar-refractivity contribution in [3.63, 3.8) is 0 Å². The van der Waals surface area contributed by atoms with Gasteiger partial charge >= 0.3 is 0 Å². The molecule has 2 nitrogen and oxygen atoms in total. The molecule has 1 atom stereocenters. The van der Waals surface area contributed by atoms with Gasteiger partial charge in [0.1, 0.15) is 0 Å². The van der Waals surface area contributed by atoms with E-state index in [-0.39, 0.29) is 6.04 Å². The topological polar surface area (TPSA) is 27.0 Å². The molecule has 16 heavy (non-hydrogen) atoms. The summed E-state index contributed by atoms with van der Waals surface area (Å²) >= 11 is 0. The Morgan fingerprint density at radius 3 is 2.44 bits per heavy atom. The van der Waals surface area contributed by atoms with Crippen LogP contribution in [-0.4, -0.2) is 17.5 Å². The average Bonchev–Trinajstić information content (AvgIpc) is 2.32. The van der Waals surface area contributed by atoms with Gasteiger partial charge in [-0.1, -0.05) is 44.2 Å². The monoisotopic (exact) mass is 216 g/mol. The van der Waals surface area contributed by atoms with Crippen LogP contribution >= 0.6 is 0 Å². The Bertz CT molecular complexity index is 326. The average molecular weight is 216 g/mol. The van der Waals surface area contributed by atoms with Gasteiger partial charge in [0.05, 0.1) is 12.1 Å². The van der Waals surface area contributed by atoms with Crippen molar-refractivity contribution >= 4 is 0 Å². The van der Waals surface area contributed by atoms with Crippen molar-refractivity contribution < 1.29 is 0 Å². The molecule has 0 bridgehead atoms. The highest BCUT2D eigenvalue weighted by Gasteiger charge is 2.15. The molecule has 0 saturated carbocycles. The van der Waals surface area contributed by atoms with E-state index in [2.05, 4.69) is 36.9 Å². The second-order valence-electron chi connectivity index (χ2n) is 4.01. The van der Waals surface area contributed by atoms with Crippen molar-refractivity contribution in [3.8, 4) is 6.07 Å². The summed E-state index contributed by atoms with van der Waals surface area (Å²) in [5.74, 6) is 0. The summed E-state index contributed by atoms with van der Waals surface area (Å²) < 4.78 is 0. The minimum absolute atomic E-state index is 0.0418. The number of hydrogen-bond acceptors (Lipinski definition) is 2. The number of nitrogens with zero attached hydrogens (tertiary/aromatic N) is 2. The van der Waals surface area contributed by atoms with Crippen molar-refractivity contribution in [1.29, 1.82) is 5.26 Å². The summed E-state index contributed by atoms with van der Waals surface area (Å²) in [5.41, 5.74) is 1.28. The molecule has 1 aromatic carbocycles. The lowest BCUT2D eigenvalue weighted by atomic mass is 10.1. The normalized spacial score (nSPS) is 12.4. The maximum absolute atomic E-state index is 9.11. The highest BCUT2D eigenvalue weighted by Crippen LogP contribution is 2.10. The van der Waals surface area contributed by atoms with Crippen LogP contribution < -0.4 is 0 Å². The molecule has 1 unspecified atom stereocenters. The Morgan fingerprint density at radius 1 is 1.25 bits per heavy atom. The summed E-state index contributed by atoms with van der Waals surface area (Å²) in [6.45, 7) is 6.09. The Labute approximate surface area is 98.5 Å². The molecule has 0 amide bonds. The highest BCUT2D eigenvalue weighted by molar-refractivity contribution is 5.15. The number of nitriles is 1. The van der Waals surface area contributed by atoms with Crippen LogP contribution in [0.2, 0.25) is 0 Å². The molecule has 0 aliphatic heterocycles. The van der Waals surface area contributed by atoms with Crippen LogP contribution in [-0.2, 0) is 6.54 Å². The lowest BCUT2D eigenvalue weighted by Gasteiger charge is -2.25. The molecule has 0 N–H and O–H groups in total. The third-order valence-corrected chi connectivity index (χ3v) is 2.72. The van der Waals surface area contributed by atoms with Gasteiger partial charge in [0.25, 0.3) is 0 Å². The molecule has 2 heteroatoms. The number of rotatable bonds is 6. The molecule has 0 heterocycles. The van der Waals surface area contributed by atoms with Gasteiger partial charge in [-0.05, 0) is 24.9 Å². The van der Waals surface area contributed by atoms with Crippen LogP contribution in [0.5, 0.6) is 0 Å². The SMILES string of the molecule is CCCN(Cc1ccccc1)C(C#N)CC. The summed E-state index contributed by atoms with van der Waals surface area (Å²) in [4.78, 5) is 2.26. The minimum Gasteiger partial charge on any atom is -0.284 e. The predicted molar refractivity (Wildman–Crippen MR) is 66.8 cm³/mol. The number of hydrogen-bond donors (Lipinski definition) is 0. The van der Waals surface area contributed by atoms with Gasteiger partial charge in [-0.25, -0.2) is 0 Å². The first-order valence-electron chi connectivity index (χ1n) is 5.99. The molecular weight excluding hydrogens is 196 g/mol. The molecule has 86 valence electrons. The molecule has 0 radical (unpaired) electrons. The molecule has 1 rings (SSSR count). The zero-order valence-electron chi connectivity index (χ0n) is 10.2. The Morgan fingerprint density at radius 2 is 1.94 bits per heavy atom. The first kappa shape index (κ1) is 12.7. The molecule has 0 aliphatic carbocycles. The number of benzene rings is 1. The standard InChI is InChI=1S/C14H20N2/c1-3-10-16(14(4-2)11-15)12-13-8-6-5-7-9-13/h5-9,14H,3-4,10,12H2,1-2H3. The van der Waals surface area contributed by atoms with E-state index in [1.54, 1.807) is 0 Å².